The molecule has 0 aliphatic carbocycles. The number of hydrogen-bond donors (Lipinski definition) is 1. The fourth-order valence-electron chi connectivity index (χ4n) is 3.75. The van der Waals surface area contributed by atoms with Gasteiger partial charge < -0.3 is 10.1 Å². The first kappa shape index (κ1) is 22.5. The summed E-state index contributed by atoms with van der Waals surface area (Å²) in [4.78, 5) is 12.6. The van der Waals surface area contributed by atoms with Gasteiger partial charge in [0.1, 0.15) is 16.5 Å². The summed E-state index contributed by atoms with van der Waals surface area (Å²) in [6.45, 7) is 4.84. The second kappa shape index (κ2) is 8.91. The molecule has 0 spiro atoms. The molecule has 0 radical (unpaired) electrons. The first-order valence-corrected chi connectivity index (χ1v) is 11.4. The minimum Gasteiger partial charge on any atom is -0.495 e. The lowest BCUT2D eigenvalue weighted by atomic mass is 9.94. The molecule has 1 aliphatic rings. The lowest BCUT2D eigenvalue weighted by Gasteiger charge is -2.34. The Balaban J connectivity index is 1.94. The average Bonchev–Trinajstić information content (AvgIpc) is 2.68. The molecule has 9 heteroatoms. The number of carbonyl (C=O) groups is 1. The van der Waals surface area contributed by atoms with Crippen molar-refractivity contribution in [1.82, 2.24) is 4.31 Å². The summed E-state index contributed by atoms with van der Waals surface area (Å²) in [7, 11) is -2.50. The van der Waals surface area contributed by atoms with E-state index in [1.807, 2.05) is 13.8 Å². The maximum Gasteiger partial charge on any atom is 0.255 e. The molecule has 2 aromatic rings. The van der Waals surface area contributed by atoms with Gasteiger partial charge in [-0.2, -0.15) is 4.31 Å². The predicted octanol–water partition coefficient (Wildman–Crippen LogP) is 4.41. The molecular weight excluding hydrogens is 431 g/mol. The molecule has 2 unspecified atom stereocenters. The van der Waals surface area contributed by atoms with Gasteiger partial charge in [-0.25, -0.2) is 12.8 Å². The van der Waals surface area contributed by atoms with Crippen LogP contribution in [0, 0.1) is 17.7 Å². The Morgan fingerprint density at radius 2 is 1.83 bits per heavy atom. The summed E-state index contributed by atoms with van der Waals surface area (Å²) in [5.41, 5.74) is 0.0186. The molecule has 1 heterocycles. The maximum atomic E-state index is 14.0. The third-order valence-electron chi connectivity index (χ3n) is 5.06. The van der Waals surface area contributed by atoms with Crippen LogP contribution in [0.1, 0.15) is 30.6 Å². The number of nitrogens with one attached hydrogen (secondary N) is 1. The number of benzene rings is 2. The van der Waals surface area contributed by atoms with Gasteiger partial charge in [0.05, 0.1) is 12.8 Å². The standard InChI is InChI=1S/C21H24ClFN2O4S/c1-13-8-14(2)12-25(11-13)30(27,28)20-9-15(4-7-19(20)29-3)21(26)24-18-6-5-16(22)10-17(18)23/h4-7,9-10,13-14H,8,11-12H2,1-3H3,(H,24,26). The number of sulfonamides is 1. The molecule has 1 N–H and O–H groups in total. The van der Waals surface area contributed by atoms with Crippen LogP contribution in [0.25, 0.3) is 0 Å². The second-order valence-corrected chi connectivity index (χ2v) is 10.1. The largest absolute Gasteiger partial charge is 0.495 e. The minimum absolute atomic E-state index is 0.0525. The molecule has 1 amide bonds. The highest BCUT2D eigenvalue weighted by Gasteiger charge is 2.34. The summed E-state index contributed by atoms with van der Waals surface area (Å²) in [6, 6.07) is 8.00. The Labute approximate surface area is 181 Å². The van der Waals surface area contributed by atoms with Crippen LogP contribution in [0.15, 0.2) is 41.3 Å². The van der Waals surface area contributed by atoms with E-state index in [-0.39, 0.29) is 38.8 Å². The van der Waals surface area contributed by atoms with Crippen molar-refractivity contribution >= 4 is 33.2 Å². The van der Waals surface area contributed by atoms with Crippen LogP contribution in [0.3, 0.4) is 0 Å². The Morgan fingerprint density at radius 3 is 2.43 bits per heavy atom. The third-order valence-corrected chi connectivity index (χ3v) is 7.15. The Hall–Kier alpha value is -2.16. The molecule has 1 aliphatic heterocycles. The van der Waals surface area contributed by atoms with Crippen LogP contribution in [0.2, 0.25) is 5.02 Å². The van der Waals surface area contributed by atoms with Crippen LogP contribution < -0.4 is 10.1 Å². The summed E-state index contributed by atoms with van der Waals surface area (Å²) >= 11 is 5.73. The van der Waals surface area contributed by atoms with Crippen LogP contribution in [0.5, 0.6) is 5.75 Å². The van der Waals surface area contributed by atoms with Gasteiger partial charge in [-0.15, -0.1) is 0 Å². The summed E-state index contributed by atoms with van der Waals surface area (Å²) in [5.74, 6) is -0.720. The quantitative estimate of drug-likeness (QED) is 0.726. The van der Waals surface area contributed by atoms with Gasteiger partial charge in [-0.05, 0) is 54.7 Å². The van der Waals surface area contributed by atoms with Crippen molar-refractivity contribution in [2.24, 2.45) is 11.8 Å². The topological polar surface area (TPSA) is 75.7 Å². The number of halogens is 2. The van der Waals surface area contributed by atoms with E-state index < -0.39 is 21.7 Å². The average molecular weight is 455 g/mol. The van der Waals surface area contributed by atoms with Crippen LogP contribution in [-0.2, 0) is 10.0 Å². The highest BCUT2D eigenvalue weighted by atomic mass is 35.5. The van der Waals surface area contributed by atoms with E-state index in [1.165, 1.54) is 41.7 Å². The van der Waals surface area contributed by atoms with Gasteiger partial charge >= 0.3 is 0 Å². The Kier molecular flexibility index (Phi) is 6.69. The fraction of sp³-hybridized carbons (Fsp3) is 0.381. The van der Waals surface area contributed by atoms with Gasteiger partial charge in [0.2, 0.25) is 10.0 Å². The first-order valence-electron chi connectivity index (χ1n) is 9.56. The molecular formula is C21H24ClFN2O4S. The number of rotatable bonds is 5. The van der Waals surface area contributed by atoms with Gasteiger partial charge in [-0.3, -0.25) is 4.79 Å². The van der Waals surface area contributed by atoms with E-state index in [9.17, 15) is 17.6 Å². The van der Waals surface area contributed by atoms with Crippen LogP contribution in [0.4, 0.5) is 10.1 Å². The number of nitrogens with zero attached hydrogens (tertiary/aromatic N) is 1. The van der Waals surface area contributed by atoms with Gasteiger partial charge in [0, 0.05) is 23.7 Å². The van der Waals surface area contributed by atoms with Gasteiger partial charge in [0.15, 0.2) is 0 Å². The van der Waals surface area contributed by atoms with Gasteiger partial charge in [-0.1, -0.05) is 25.4 Å². The van der Waals surface area contributed by atoms with E-state index in [0.29, 0.717) is 13.1 Å². The highest BCUT2D eigenvalue weighted by Crippen LogP contribution is 2.32. The van der Waals surface area contributed by atoms with Crippen LogP contribution >= 0.6 is 11.6 Å². The lowest BCUT2D eigenvalue weighted by molar-refractivity contribution is 0.102. The van der Waals surface area contributed by atoms with Crippen LogP contribution in [-0.4, -0.2) is 38.8 Å². The molecule has 30 heavy (non-hydrogen) atoms. The number of methoxy groups -OCH3 is 1. The predicted molar refractivity (Wildman–Crippen MR) is 114 cm³/mol. The molecule has 6 nitrogen and oxygen atoms in total. The second-order valence-electron chi connectivity index (χ2n) is 7.71. The molecule has 162 valence electrons. The number of ether oxygens (including phenoxy) is 1. The van der Waals surface area contributed by atoms with E-state index in [4.69, 9.17) is 16.3 Å². The highest BCUT2D eigenvalue weighted by molar-refractivity contribution is 7.89. The third kappa shape index (κ3) is 4.77. The zero-order chi connectivity index (χ0) is 22.1. The van der Waals surface area contributed by atoms with E-state index in [2.05, 4.69) is 5.32 Å². The number of carbonyl (C=O) groups excluding carboxylic acids is 1. The van der Waals surface area contributed by atoms with E-state index in [1.54, 1.807) is 0 Å². The van der Waals surface area contributed by atoms with E-state index in [0.717, 1.165) is 12.5 Å². The van der Waals surface area contributed by atoms with Crippen molar-refractivity contribution in [1.29, 1.82) is 0 Å². The van der Waals surface area contributed by atoms with E-state index >= 15 is 0 Å². The number of anilines is 1. The zero-order valence-corrected chi connectivity index (χ0v) is 18.6. The number of amides is 1. The zero-order valence-electron chi connectivity index (χ0n) is 17.0. The Morgan fingerprint density at radius 1 is 1.17 bits per heavy atom. The molecule has 0 saturated carbocycles. The first-order chi connectivity index (χ1) is 14.1. The fourth-order valence-corrected chi connectivity index (χ4v) is 5.77. The minimum atomic E-state index is -3.88. The lowest BCUT2D eigenvalue weighted by Crippen LogP contribution is -2.42. The van der Waals surface area contributed by atoms with Gasteiger partial charge in [0.25, 0.3) is 5.91 Å². The maximum absolute atomic E-state index is 14.0. The normalized spacial score (nSPS) is 20.0. The number of piperidine rings is 1. The SMILES string of the molecule is COc1ccc(C(=O)Nc2ccc(Cl)cc2F)cc1S(=O)(=O)N1CC(C)CC(C)C1. The Bertz CT molecular complexity index is 1050. The van der Waals surface area contributed by atoms with Crippen molar-refractivity contribution in [3.05, 3.63) is 52.8 Å². The molecule has 3 rings (SSSR count). The van der Waals surface area contributed by atoms with Crippen molar-refractivity contribution in [3.8, 4) is 5.75 Å². The van der Waals surface area contributed by atoms with Crippen molar-refractivity contribution in [2.45, 2.75) is 25.2 Å². The monoisotopic (exact) mass is 454 g/mol. The molecule has 1 saturated heterocycles. The molecule has 0 bridgehead atoms. The number of hydrogen-bond acceptors (Lipinski definition) is 4. The summed E-state index contributed by atoms with van der Waals surface area (Å²) in [5, 5.41) is 2.64. The molecule has 1 fully saturated rings. The van der Waals surface area contributed by atoms with Crippen molar-refractivity contribution in [3.63, 3.8) is 0 Å². The van der Waals surface area contributed by atoms with Crippen molar-refractivity contribution < 1.29 is 22.3 Å². The molecule has 2 aromatic carbocycles. The smallest absolute Gasteiger partial charge is 0.255 e. The van der Waals surface area contributed by atoms with Crippen molar-refractivity contribution in [2.75, 3.05) is 25.5 Å². The molecule has 2 atom stereocenters. The molecule has 0 aromatic heterocycles. The summed E-state index contributed by atoms with van der Waals surface area (Å²) in [6.07, 6.45) is 0.957. The summed E-state index contributed by atoms with van der Waals surface area (Å²) < 4.78 is 47.3.